The fraction of sp³-hybridized carbons (Fsp3) is 0.455. The van der Waals surface area contributed by atoms with E-state index < -0.39 is 5.97 Å². The summed E-state index contributed by atoms with van der Waals surface area (Å²) in [5, 5.41) is 11.6. The average molecular weight is 225 g/mol. The van der Waals surface area contributed by atoms with E-state index in [9.17, 15) is 10.0 Å². The minimum absolute atomic E-state index is 0.0404. The highest BCUT2D eigenvalue weighted by molar-refractivity contribution is 5.65. The molecule has 0 aliphatic carbocycles. The lowest BCUT2D eigenvalue weighted by Crippen LogP contribution is -2.34. The van der Waals surface area contributed by atoms with Gasteiger partial charge in [0, 0.05) is 6.92 Å². The molecule has 1 aromatic rings. The summed E-state index contributed by atoms with van der Waals surface area (Å²) in [6.45, 7) is 4.81. The van der Waals surface area contributed by atoms with Crippen molar-refractivity contribution in [2.75, 3.05) is 7.11 Å². The maximum Gasteiger partial charge on any atom is 0.303 e. The summed E-state index contributed by atoms with van der Waals surface area (Å²) in [6, 6.07) is 0. The third-order valence-electron chi connectivity index (χ3n) is 2.32. The van der Waals surface area contributed by atoms with Crippen molar-refractivity contribution in [3.63, 3.8) is 0 Å². The molecule has 0 saturated heterocycles. The van der Waals surface area contributed by atoms with Crippen molar-refractivity contribution in [2.45, 2.75) is 27.4 Å². The first-order valence-corrected chi connectivity index (χ1v) is 4.87. The van der Waals surface area contributed by atoms with Crippen LogP contribution >= 0.6 is 0 Å². The maximum atomic E-state index is 11.6. The van der Waals surface area contributed by atoms with Crippen LogP contribution in [0.1, 0.15) is 23.7 Å². The standard InChI is InChI=1S/C11H15NO4/c1-7-5-12(14)10(6-16-9(3)13)8(2)11(7)15-4/h5H,6H2,1-4H3. The Morgan fingerprint density at radius 3 is 2.62 bits per heavy atom. The quantitative estimate of drug-likeness (QED) is 0.437. The van der Waals surface area contributed by atoms with Gasteiger partial charge in [0.15, 0.2) is 12.8 Å². The largest absolute Gasteiger partial charge is 0.618 e. The number of hydrogen-bond acceptors (Lipinski definition) is 4. The van der Waals surface area contributed by atoms with Gasteiger partial charge in [0.25, 0.3) is 0 Å². The van der Waals surface area contributed by atoms with Gasteiger partial charge >= 0.3 is 5.97 Å². The first-order chi connectivity index (χ1) is 7.47. The van der Waals surface area contributed by atoms with E-state index in [1.54, 1.807) is 21.0 Å². The van der Waals surface area contributed by atoms with E-state index >= 15 is 0 Å². The molecule has 0 aliphatic heterocycles. The van der Waals surface area contributed by atoms with Gasteiger partial charge in [0.2, 0.25) is 5.69 Å². The molecule has 0 fully saturated rings. The smallest absolute Gasteiger partial charge is 0.303 e. The SMILES string of the molecule is COc1c(C)c[n+]([O-])c(COC(C)=O)c1C. The zero-order chi connectivity index (χ0) is 12.3. The van der Waals surface area contributed by atoms with Crippen LogP contribution in [0.4, 0.5) is 0 Å². The third kappa shape index (κ3) is 2.42. The van der Waals surface area contributed by atoms with E-state index in [4.69, 9.17) is 9.47 Å². The number of carbonyl (C=O) groups is 1. The molecule has 88 valence electrons. The van der Waals surface area contributed by atoms with Crippen LogP contribution < -0.4 is 9.47 Å². The molecule has 0 spiro atoms. The monoisotopic (exact) mass is 225 g/mol. The minimum Gasteiger partial charge on any atom is -0.618 e. The van der Waals surface area contributed by atoms with E-state index in [0.717, 1.165) is 5.56 Å². The Balaban J connectivity index is 3.12. The van der Waals surface area contributed by atoms with Crippen molar-refractivity contribution >= 4 is 5.97 Å². The molecule has 1 heterocycles. The molecular formula is C11H15NO4. The van der Waals surface area contributed by atoms with Gasteiger partial charge in [-0.05, 0) is 13.8 Å². The Morgan fingerprint density at radius 1 is 1.50 bits per heavy atom. The van der Waals surface area contributed by atoms with Crippen molar-refractivity contribution < 1.29 is 19.0 Å². The molecule has 0 radical (unpaired) electrons. The van der Waals surface area contributed by atoms with Crippen molar-refractivity contribution in [1.82, 2.24) is 0 Å². The van der Waals surface area contributed by atoms with Crippen LogP contribution in [0.3, 0.4) is 0 Å². The number of carbonyl (C=O) groups excluding carboxylic acids is 1. The number of aromatic nitrogens is 1. The van der Waals surface area contributed by atoms with Gasteiger partial charge in [-0.15, -0.1) is 0 Å². The molecule has 0 bridgehead atoms. The number of nitrogens with zero attached hydrogens (tertiary/aromatic N) is 1. The van der Waals surface area contributed by atoms with Crippen LogP contribution in [0.2, 0.25) is 0 Å². The summed E-state index contributed by atoms with van der Waals surface area (Å²) in [7, 11) is 1.54. The molecule has 0 unspecified atom stereocenters. The third-order valence-corrected chi connectivity index (χ3v) is 2.32. The predicted octanol–water partition coefficient (Wildman–Crippen LogP) is 1.01. The molecule has 16 heavy (non-hydrogen) atoms. The Labute approximate surface area is 94.2 Å². The molecule has 0 atom stereocenters. The first kappa shape index (κ1) is 12.3. The highest BCUT2D eigenvalue weighted by Gasteiger charge is 2.18. The fourth-order valence-electron chi connectivity index (χ4n) is 1.56. The Bertz CT molecular complexity index is 415. The average Bonchev–Trinajstić information content (AvgIpc) is 2.16. The Kier molecular flexibility index (Phi) is 3.71. The number of ether oxygens (including phenoxy) is 2. The van der Waals surface area contributed by atoms with Gasteiger partial charge in [-0.1, -0.05) is 0 Å². The minimum atomic E-state index is -0.418. The molecule has 1 rings (SSSR count). The molecule has 0 aromatic carbocycles. The Morgan fingerprint density at radius 2 is 2.12 bits per heavy atom. The number of esters is 1. The van der Waals surface area contributed by atoms with E-state index in [2.05, 4.69) is 0 Å². The van der Waals surface area contributed by atoms with E-state index in [0.29, 0.717) is 21.7 Å². The van der Waals surface area contributed by atoms with Crippen LogP contribution in [-0.2, 0) is 16.1 Å². The van der Waals surface area contributed by atoms with Crippen LogP contribution in [0, 0.1) is 19.1 Å². The maximum absolute atomic E-state index is 11.6. The second-order valence-electron chi connectivity index (χ2n) is 3.52. The number of methoxy groups -OCH3 is 1. The van der Waals surface area contributed by atoms with Crippen LogP contribution in [0.25, 0.3) is 0 Å². The number of aryl methyl sites for hydroxylation is 1. The van der Waals surface area contributed by atoms with Gasteiger partial charge in [-0.2, -0.15) is 4.73 Å². The molecule has 5 heteroatoms. The summed E-state index contributed by atoms with van der Waals surface area (Å²) in [6.07, 6.45) is 1.41. The second kappa shape index (κ2) is 4.83. The zero-order valence-electron chi connectivity index (χ0n) is 9.86. The van der Waals surface area contributed by atoms with Crippen LogP contribution in [0.15, 0.2) is 6.20 Å². The fourth-order valence-corrected chi connectivity index (χ4v) is 1.56. The molecular weight excluding hydrogens is 210 g/mol. The number of rotatable bonds is 3. The zero-order valence-corrected chi connectivity index (χ0v) is 9.86. The van der Waals surface area contributed by atoms with Crippen molar-refractivity contribution in [2.24, 2.45) is 0 Å². The molecule has 1 aromatic heterocycles. The predicted molar refractivity (Wildman–Crippen MR) is 56.9 cm³/mol. The van der Waals surface area contributed by atoms with Gasteiger partial charge < -0.3 is 14.7 Å². The summed E-state index contributed by atoms with van der Waals surface area (Å²) in [4.78, 5) is 10.7. The topological polar surface area (TPSA) is 62.5 Å². The van der Waals surface area contributed by atoms with E-state index in [1.165, 1.54) is 13.1 Å². The number of hydrogen-bond donors (Lipinski definition) is 0. The second-order valence-corrected chi connectivity index (χ2v) is 3.52. The lowest BCUT2D eigenvalue weighted by atomic mass is 10.1. The van der Waals surface area contributed by atoms with E-state index in [-0.39, 0.29) is 6.61 Å². The normalized spacial score (nSPS) is 10.0. The van der Waals surface area contributed by atoms with Crippen molar-refractivity contribution in [1.29, 1.82) is 0 Å². The molecule has 0 amide bonds. The van der Waals surface area contributed by atoms with Gasteiger partial charge in [-0.25, -0.2) is 0 Å². The van der Waals surface area contributed by atoms with Gasteiger partial charge in [-0.3, -0.25) is 4.79 Å². The van der Waals surface area contributed by atoms with Crippen LogP contribution in [-0.4, -0.2) is 13.1 Å². The van der Waals surface area contributed by atoms with Crippen molar-refractivity contribution in [3.8, 4) is 5.75 Å². The highest BCUT2D eigenvalue weighted by Crippen LogP contribution is 2.23. The molecule has 0 aliphatic rings. The van der Waals surface area contributed by atoms with Gasteiger partial charge in [0.05, 0.1) is 18.2 Å². The first-order valence-electron chi connectivity index (χ1n) is 4.87. The molecule has 0 N–H and O–H groups in total. The van der Waals surface area contributed by atoms with Gasteiger partial charge in [0.1, 0.15) is 5.75 Å². The lowest BCUT2D eigenvalue weighted by molar-refractivity contribution is -0.617. The Hall–Kier alpha value is -1.78. The van der Waals surface area contributed by atoms with Crippen molar-refractivity contribution in [3.05, 3.63) is 28.2 Å². The summed E-state index contributed by atoms with van der Waals surface area (Å²) in [5.41, 5.74) is 1.83. The van der Waals surface area contributed by atoms with Crippen LogP contribution in [0.5, 0.6) is 5.75 Å². The highest BCUT2D eigenvalue weighted by atomic mass is 16.5. The summed E-state index contributed by atoms with van der Waals surface area (Å²) >= 11 is 0. The van der Waals surface area contributed by atoms with E-state index in [1.807, 2.05) is 0 Å². The summed E-state index contributed by atoms with van der Waals surface area (Å²) in [5.74, 6) is 0.230. The molecule has 0 saturated carbocycles. The summed E-state index contributed by atoms with van der Waals surface area (Å²) < 4.78 is 10.7. The molecule has 5 nitrogen and oxygen atoms in total. The lowest BCUT2D eigenvalue weighted by Gasteiger charge is -2.12. The number of pyridine rings is 1.